The van der Waals surface area contributed by atoms with E-state index in [2.05, 4.69) is 0 Å². The first kappa shape index (κ1) is 18.2. The Morgan fingerprint density at radius 2 is 1.88 bits per heavy atom. The number of halogens is 2. The molecule has 0 aromatic heterocycles. The molecule has 1 atom stereocenters. The number of hydrogen-bond donors (Lipinski definition) is 0. The Hall–Kier alpha value is -2.60. The van der Waals surface area contributed by atoms with Crippen molar-refractivity contribution < 1.29 is 18.7 Å². The SMILES string of the molecule is C[C@@H]1C(=O)N(c2ccccc2F)CCN1C(=O)COc1ccc(Cl)cc1. The van der Waals surface area contributed by atoms with E-state index in [-0.39, 0.29) is 30.7 Å². The van der Waals surface area contributed by atoms with Gasteiger partial charge in [0.1, 0.15) is 17.6 Å². The molecule has 2 aromatic rings. The van der Waals surface area contributed by atoms with Gasteiger partial charge in [-0.15, -0.1) is 0 Å². The lowest BCUT2D eigenvalue weighted by Crippen LogP contribution is -2.58. The van der Waals surface area contributed by atoms with Gasteiger partial charge in [-0.25, -0.2) is 4.39 Å². The maximum atomic E-state index is 14.0. The van der Waals surface area contributed by atoms with Gasteiger partial charge in [-0.05, 0) is 43.3 Å². The lowest BCUT2D eigenvalue weighted by Gasteiger charge is -2.39. The Morgan fingerprint density at radius 3 is 2.58 bits per heavy atom. The summed E-state index contributed by atoms with van der Waals surface area (Å²) in [6, 6.07) is 12.1. The predicted octanol–water partition coefficient (Wildman–Crippen LogP) is 3.12. The van der Waals surface area contributed by atoms with Crippen molar-refractivity contribution in [2.75, 3.05) is 24.6 Å². The maximum Gasteiger partial charge on any atom is 0.261 e. The molecule has 0 radical (unpaired) electrons. The largest absolute Gasteiger partial charge is 0.484 e. The maximum absolute atomic E-state index is 14.0. The van der Waals surface area contributed by atoms with Crippen LogP contribution in [0.1, 0.15) is 6.92 Å². The Morgan fingerprint density at radius 1 is 1.19 bits per heavy atom. The summed E-state index contributed by atoms with van der Waals surface area (Å²) in [7, 11) is 0. The second-order valence-electron chi connectivity index (χ2n) is 5.95. The fourth-order valence-electron chi connectivity index (χ4n) is 2.88. The highest BCUT2D eigenvalue weighted by Gasteiger charge is 2.35. The Labute approximate surface area is 155 Å². The monoisotopic (exact) mass is 376 g/mol. The van der Waals surface area contributed by atoms with Crippen LogP contribution >= 0.6 is 11.6 Å². The van der Waals surface area contributed by atoms with E-state index in [4.69, 9.17) is 16.3 Å². The lowest BCUT2D eigenvalue weighted by molar-refractivity contribution is -0.142. The van der Waals surface area contributed by atoms with Crippen molar-refractivity contribution in [3.05, 3.63) is 59.4 Å². The van der Waals surface area contributed by atoms with Crippen molar-refractivity contribution in [3.8, 4) is 5.75 Å². The van der Waals surface area contributed by atoms with Crippen LogP contribution < -0.4 is 9.64 Å². The molecule has 0 saturated carbocycles. The number of hydrogen-bond acceptors (Lipinski definition) is 3. The molecule has 7 heteroatoms. The van der Waals surface area contributed by atoms with Crippen LogP contribution in [0.2, 0.25) is 5.02 Å². The third-order valence-corrected chi connectivity index (χ3v) is 4.55. The fourth-order valence-corrected chi connectivity index (χ4v) is 3.01. The number of ether oxygens (including phenoxy) is 1. The smallest absolute Gasteiger partial charge is 0.261 e. The highest BCUT2D eigenvalue weighted by atomic mass is 35.5. The van der Waals surface area contributed by atoms with Crippen LogP contribution in [0.4, 0.5) is 10.1 Å². The van der Waals surface area contributed by atoms with Crippen LogP contribution in [0.15, 0.2) is 48.5 Å². The summed E-state index contributed by atoms with van der Waals surface area (Å²) in [5.41, 5.74) is 0.230. The first-order valence-electron chi connectivity index (χ1n) is 8.21. The van der Waals surface area contributed by atoms with E-state index < -0.39 is 11.9 Å². The first-order chi connectivity index (χ1) is 12.5. The van der Waals surface area contributed by atoms with Crippen LogP contribution in [-0.2, 0) is 9.59 Å². The second kappa shape index (κ2) is 7.74. The van der Waals surface area contributed by atoms with Gasteiger partial charge in [-0.3, -0.25) is 9.59 Å². The van der Waals surface area contributed by atoms with Crippen molar-refractivity contribution in [3.63, 3.8) is 0 Å². The zero-order valence-electron chi connectivity index (χ0n) is 14.2. The number of carbonyl (C=O) groups excluding carboxylic acids is 2. The van der Waals surface area contributed by atoms with Crippen LogP contribution in [0.3, 0.4) is 0 Å². The third kappa shape index (κ3) is 3.80. The van der Waals surface area contributed by atoms with Gasteiger partial charge in [0, 0.05) is 18.1 Å². The van der Waals surface area contributed by atoms with E-state index in [9.17, 15) is 14.0 Å². The molecule has 0 spiro atoms. The average Bonchev–Trinajstić information content (AvgIpc) is 2.64. The molecule has 0 bridgehead atoms. The average molecular weight is 377 g/mol. The van der Waals surface area contributed by atoms with Gasteiger partial charge in [0.15, 0.2) is 6.61 Å². The molecule has 1 heterocycles. The van der Waals surface area contributed by atoms with Crippen molar-refractivity contribution in [1.82, 2.24) is 4.90 Å². The molecule has 0 N–H and O–H groups in total. The molecule has 1 fully saturated rings. The molecule has 0 unspecified atom stereocenters. The summed E-state index contributed by atoms with van der Waals surface area (Å²) < 4.78 is 19.4. The minimum Gasteiger partial charge on any atom is -0.484 e. The standard InChI is InChI=1S/C19H18ClFN2O3/c1-13-19(25)23(17-5-3-2-4-16(17)21)11-10-22(13)18(24)12-26-15-8-6-14(20)7-9-15/h2-9,13H,10-12H2,1H3/t13-/m1/s1. The molecule has 5 nitrogen and oxygen atoms in total. The van der Waals surface area contributed by atoms with Gasteiger partial charge in [0.05, 0.1) is 5.69 Å². The van der Waals surface area contributed by atoms with Crippen LogP contribution in [0.5, 0.6) is 5.75 Å². The number of anilines is 1. The van der Waals surface area contributed by atoms with Gasteiger partial charge in [-0.2, -0.15) is 0 Å². The zero-order valence-corrected chi connectivity index (χ0v) is 14.9. The number of benzene rings is 2. The fraction of sp³-hybridized carbons (Fsp3) is 0.263. The van der Waals surface area contributed by atoms with Crippen LogP contribution in [-0.4, -0.2) is 42.5 Å². The number of carbonyl (C=O) groups is 2. The summed E-state index contributed by atoms with van der Waals surface area (Å²) >= 11 is 5.81. The number of piperazine rings is 1. The summed E-state index contributed by atoms with van der Waals surface area (Å²) in [5, 5.41) is 0.576. The lowest BCUT2D eigenvalue weighted by atomic mass is 10.1. The molecular weight excluding hydrogens is 359 g/mol. The summed E-state index contributed by atoms with van der Waals surface area (Å²) in [6.45, 7) is 2.00. The number of amides is 2. The van der Waals surface area contributed by atoms with E-state index in [0.717, 1.165) is 0 Å². The Kier molecular flexibility index (Phi) is 5.42. The van der Waals surface area contributed by atoms with Gasteiger partial charge in [-0.1, -0.05) is 23.7 Å². The van der Waals surface area contributed by atoms with Gasteiger partial charge >= 0.3 is 0 Å². The number of rotatable bonds is 4. The highest BCUT2D eigenvalue weighted by Crippen LogP contribution is 2.23. The summed E-state index contributed by atoms with van der Waals surface area (Å²) in [4.78, 5) is 27.9. The molecule has 2 aromatic carbocycles. The minimum atomic E-state index is -0.690. The zero-order chi connectivity index (χ0) is 18.7. The number of nitrogens with zero attached hydrogens (tertiary/aromatic N) is 2. The third-order valence-electron chi connectivity index (χ3n) is 4.29. The van der Waals surface area contributed by atoms with E-state index in [1.165, 1.54) is 15.9 Å². The van der Waals surface area contributed by atoms with Crippen molar-refractivity contribution in [2.24, 2.45) is 0 Å². The predicted molar refractivity (Wildman–Crippen MR) is 96.9 cm³/mol. The first-order valence-corrected chi connectivity index (χ1v) is 8.59. The molecule has 136 valence electrons. The van der Waals surface area contributed by atoms with Gasteiger partial charge in [0.2, 0.25) is 5.91 Å². The molecule has 1 aliphatic rings. The van der Waals surface area contributed by atoms with E-state index in [0.29, 0.717) is 17.3 Å². The molecular formula is C19H18ClFN2O3. The van der Waals surface area contributed by atoms with Crippen molar-refractivity contribution in [1.29, 1.82) is 0 Å². The quantitative estimate of drug-likeness (QED) is 0.823. The molecule has 3 rings (SSSR count). The number of para-hydroxylation sites is 1. The molecule has 0 aliphatic carbocycles. The molecule has 1 saturated heterocycles. The van der Waals surface area contributed by atoms with Crippen LogP contribution in [0, 0.1) is 5.82 Å². The van der Waals surface area contributed by atoms with Crippen molar-refractivity contribution >= 4 is 29.1 Å². The van der Waals surface area contributed by atoms with Gasteiger partial charge < -0.3 is 14.5 Å². The summed E-state index contributed by atoms with van der Waals surface area (Å²) in [5.74, 6) is -0.555. The van der Waals surface area contributed by atoms with E-state index in [1.807, 2.05) is 0 Å². The Bertz CT molecular complexity index is 813. The summed E-state index contributed by atoms with van der Waals surface area (Å²) in [6.07, 6.45) is 0. The van der Waals surface area contributed by atoms with E-state index >= 15 is 0 Å². The van der Waals surface area contributed by atoms with Crippen LogP contribution in [0.25, 0.3) is 0 Å². The Balaban J connectivity index is 1.64. The molecule has 1 aliphatic heterocycles. The normalized spacial score (nSPS) is 17.3. The second-order valence-corrected chi connectivity index (χ2v) is 6.38. The topological polar surface area (TPSA) is 49.9 Å². The van der Waals surface area contributed by atoms with Gasteiger partial charge in [0.25, 0.3) is 5.91 Å². The minimum absolute atomic E-state index is 0.182. The highest BCUT2D eigenvalue weighted by molar-refractivity contribution is 6.30. The van der Waals surface area contributed by atoms with Crippen molar-refractivity contribution in [2.45, 2.75) is 13.0 Å². The molecule has 26 heavy (non-hydrogen) atoms. The van der Waals surface area contributed by atoms with E-state index in [1.54, 1.807) is 49.4 Å². The molecule has 2 amide bonds.